The normalized spacial score (nSPS) is 15.8. The summed E-state index contributed by atoms with van der Waals surface area (Å²) in [6, 6.07) is 22.7. The second kappa shape index (κ2) is 6.01. The molecule has 0 bridgehead atoms. The molecule has 3 aromatic carbocycles. The molecule has 0 unspecified atom stereocenters. The third-order valence-electron chi connectivity index (χ3n) is 6.30. The zero-order valence-corrected chi connectivity index (χ0v) is 16.7. The minimum Gasteiger partial charge on any atom is -0.0987 e. The molecule has 5 rings (SSSR count). The van der Waals surface area contributed by atoms with Crippen molar-refractivity contribution in [2.24, 2.45) is 0 Å². The van der Waals surface area contributed by atoms with Crippen LogP contribution in [0.4, 0.5) is 0 Å². The number of hydrogen-bond donors (Lipinski definition) is 0. The number of hydrogen-bond acceptors (Lipinski definition) is 0. The first-order chi connectivity index (χ1) is 13.6. The fraction of sp³-hybridized carbons (Fsp3) is 0.0769. The van der Waals surface area contributed by atoms with Crippen molar-refractivity contribution in [3.05, 3.63) is 113 Å². The molecule has 2 aliphatic rings. The van der Waals surface area contributed by atoms with E-state index in [-0.39, 0.29) is 5.41 Å². The topological polar surface area (TPSA) is 0 Å². The number of benzene rings is 3. The molecule has 3 aromatic rings. The fourth-order valence-corrected chi connectivity index (χ4v) is 5.29. The lowest BCUT2D eigenvalue weighted by molar-refractivity contribution is 0.787. The van der Waals surface area contributed by atoms with Gasteiger partial charge in [0.15, 0.2) is 0 Å². The highest BCUT2D eigenvalue weighted by Gasteiger charge is 2.51. The van der Waals surface area contributed by atoms with Gasteiger partial charge in [0.25, 0.3) is 0 Å². The van der Waals surface area contributed by atoms with Crippen LogP contribution in [0.1, 0.15) is 29.2 Å². The van der Waals surface area contributed by atoms with Crippen molar-refractivity contribution in [2.45, 2.75) is 12.3 Å². The minimum absolute atomic E-state index is 0.279. The molecule has 2 heteroatoms. The summed E-state index contributed by atoms with van der Waals surface area (Å²) in [5, 5.41) is 0. The van der Waals surface area contributed by atoms with E-state index in [1.165, 1.54) is 55.5 Å². The molecule has 0 aromatic heterocycles. The SMILES string of the molecule is Bc1ccc2c(c1)-c1cc(B)ccc1C21C(C=C)=C(/C=C\C)c2ccccc21. The molecule has 0 radical (unpaired) electrons. The summed E-state index contributed by atoms with van der Waals surface area (Å²) in [7, 11) is 4.36. The summed E-state index contributed by atoms with van der Waals surface area (Å²) < 4.78 is 0. The molecule has 0 saturated carbocycles. The Hall–Kier alpha value is -2.99. The Morgan fingerprint density at radius 1 is 0.786 bits per heavy atom. The van der Waals surface area contributed by atoms with Gasteiger partial charge >= 0.3 is 0 Å². The van der Waals surface area contributed by atoms with Crippen LogP contribution in [0.3, 0.4) is 0 Å². The zero-order chi connectivity index (χ0) is 19.5. The Morgan fingerprint density at radius 2 is 1.36 bits per heavy atom. The van der Waals surface area contributed by atoms with Gasteiger partial charge in [-0.25, -0.2) is 0 Å². The highest BCUT2D eigenvalue weighted by Crippen LogP contribution is 2.61. The molecule has 28 heavy (non-hydrogen) atoms. The molecule has 2 aliphatic carbocycles. The van der Waals surface area contributed by atoms with Gasteiger partial charge in [0.2, 0.25) is 0 Å². The van der Waals surface area contributed by atoms with Gasteiger partial charge in [-0.3, -0.25) is 0 Å². The van der Waals surface area contributed by atoms with Gasteiger partial charge in [0, 0.05) is 0 Å². The van der Waals surface area contributed by atoms with E-state index >= 15 is 0 Å². The van der Waals surface area contributed by atoms with Crippen molar-refractivity contribution in [1.29, 1.82) is 0 Å². The molecule has 0 heterocycles. The van der Waals surface area contributed by atoms with Crippen LogP contribution >= 0.6 is 0 Å². The van der Waals surface area contributed by atoms with E-state index in [0.29, 0.717) is 0 Å². The first-order valence-corrected chi connectivity index (χ1v) is 9.95. The highest BCUT2D eigenvalue weighted by atomic mass is 14.5. The predicted molar refractivity (Wildman–Crippen MR) is 126 cm³/mol. The Balaban J connectivity index is 2.02. The van der Waals surface area contributed by atoms with E-state index in [1.54, 1.807) is 0 Å². The molecule has 0 aliphatic heterocycles. The van der Waals surface area contributed by atoms with Crippen molar-refractivity contribution < 1.29 is 0 Å². The maximum absolute atomic E-state index is 4.27. The van der Waals surface area contributed by atoms with Crippen molar-refractivity contribution >= 4 is 32.2 Å². The van der Waals surface area contributed by atoms with E-state index in [4.69, 9.17) is 0 Å². The Kier molecular flexibility index (Phi) is 3.67. The van der Waals surface area contributed by atoms with E-state index < -0.39 is 0 Å². The second-order valence-electron chi connectivity index (χ2n) is 7.93. The molecule has 0 saturated heterocycles. The summed E-state index contributed by atoms with van der Waals surface area (Å²) in [5.74, 6) is 0. The van der Waals surface area contributed by atoms with Gasteiger partial charge in [-0.2, -0.15) is 0 Å². The second-order valence-corrected chi connectivity index (χ2v) is 7.93. The minimum atomic E-state index is -0.279. The lowest BCUT2D eigenvalue weighted by Crippen LogP contribution is -2.27. The number of fused-ring (bicyclic) bond motifs is 7. The van der Waals surface area contributed by atoms with Crippen LogP contribution in [0.15, 0.2) is 91.0 Å². The molecule has 1 spiro atoms. The molecular weight excluding hydrogens is 334 g/mol. The third-order valence-corrected chi connectivity index (χ3v) is 6.30. The lowest BCUT2D eigenvalue weighted by atomic mass is 9.69. The monoisotopic (exact) mass is 356 g/mol. The summed E-state index contributed by atoms with van der Waals surface area (Å²) in [6.07, 6.45) is 6.45. The van der Waals surface area contributed by atoms with Crippen LogP contribution in [0.2, 0.25) is 0 Å². The van der Waals surface area contributed by atoms with Gasteiger partial charge in [0.05, 0.1) is 5.41 Å². The summed E-state index contributed by atoms with van der Waals surface area (Å²) in [6.45, 7) is 6.35. The van der Waals surface area contributed by atoms with E-state index in [9.17, 15) is 0 Å². The molecule has 0 atom stereocenters. The van der Waals surface area contributed by atoms with Crippen molar-refractivity contribution in [3.8, 4) is 11.1 Å². The van der Waals surface area contributed by atoms with E-state index in [2.05, 4.69) is 108 Å². The zero-order valence-electron chi connectivity index (χ0n) is 16.7. The van der Waals surface area contributed by atoms with Gasteiger partial charge in [-0.05, 0) is 51.5 Å². The summed E-state index contributed by atoms with van der Waals surface area (Å²) >= 11 is 0. The summed E-state index contributed by atoms with van der Waals surface area (Å²) in [4.78, 5) is 0. The quantitative estimate of drug-likeness (QED) is 0.620. The van der Waals surface area contributed by atoms with Gasteiger partial charge in [0.1, 0.15) is 15.7 Å². The maximum atomic E-state index is 4.27. The standard InChI is InChI=1S/C26H22B2/c1-3-7-18-19-8-5-6-9-23(19)26(22(18)4-2)24-12-10-16(27)14-20(24)21-15-17(28)11-13-25(21)26/h3-15H,2,27-28H2,1H3/b7-3-. The Bertz CT molecular complexity index is 1160. The van der Waals surface area contributed by atoms with Crippen LogP contribution in [0.25, 0.3) is 16.7 Å². The molecule has 132 valence electrons. The molecule has 0 nitrogen and oxygen atoms in total. The predicted octanol–water partition coefficient (Wildman–Crippen LogP) is 3.05. The summed E-state index contributed by atoms with van der Waals surface area (Å²) in [5.41, 5.74) is 13.0. The van der Waals surface area contributed by atoms with Gasteiger partial charge in [-0.15, -0.1) is 0 Å². The smallest absolute Gasteiger partial charge is 0.0987 e. The van der Waals surface area contributed by atoms with Gasteiger partial charge < -0.3 is 0 Å². The van der Waals surface area contributed by atoms with Crippen LogP contribution in [0.5, 0.6) is 0 Å². The van der Waals surface area contributed by atoms with Gasteiger partial charge in [-0.1, -0.05) is 96.4 Å². The maximum Gasteiger partial charge on any atom is 0.139 e. The van der Waals surface area contributed by atoms with Crippen LogP contribution in [-0.4, -0.2) is 15.7 Å². The third kappa shape index (κ3) is 1.98. The highest BCUT2D eigenvalue weighted by molar-refractivity contribution is 6.33. The number of rotatable bonds is 2. The van der Waals surface area contributed by atoms with Crippen molar-refractivity contribution in [1.82, 2.24) is 0 Å². The molecular formula is C26H22B2. The molecule has 0 N–H and O–H groups in total. The first kappa shape index (κ1) is 17.1. The Morgan fingerprint density at radius 3 is 1.93 bits per heavy atom. The van der Waals surface area contributed by atoms with Crippen molar-refractivity contribution in [3.63, 3.8) is 0 Å². The van der Waals surface area contributed by atoms with Crippen LogP contribution < -0.4 is 10.9 Å². The Labute approximate surface area is 169 Å². The van der Waals surface area contributed by atoms with Crippen LogP contribution in [0, 0.1) is 0 Å². The van der Waals surface area contributed by atoms with E-state index in [1.807, 2.05) is 0 Å². The van der Waals surface area contributed by atoms with Crippen LogP contribution in [-0.2, 0) is 5.41 Å². The molecule has 0 fully saturated rings. The number of allylic oxidation sites excluding steroid dienone is 5. The average molecular weight is 356 g/mol. The van der Waals surface area contributed by atoms with E-state index in [0.717, 1.165) is 0 Å². The molecule has 0 amide bonds. The van der Waals surface area contributed by atoms with Crippen molar-refractivity contribution in [2.75, 3.05) is 0 Å². The lowest BCUT2D eigenvalue weighted by Gasteiger charge is -2.31. The first-order valence-electron chi connectivity index (χ1n) is 9.95. The largest absolute Gasteiger partial charge is 0.139 e. The average Bonchev–Trinajstić information content (AvgIpc) is 3.13. The fourth-order valence-electron chi connectivity index (χ4n) is 5.29.